The molecule has 1 aliphatic heterocycles. The van der Waals surface area contributed by atoms with Crippen LogP contribution >= 0.6 is 27.7 Å². The molecule has 0 radical (unpaired) electrons. The molecule has 0 spiro atoms. The Kier molecular flexibility index (Phi) is 4.55. The lowest BCUT2D eigenvalue weighted by Gasteiger charge is -2.14. The fourth-order valence-corrected chi connectivity index (χ4v) is 4.01. The fraction of sp³-hybridized carbons (Fsp3) is 0.750. The van der Waals surface area contributed by atoms with Gasteiger partial charge in [-0.2, -0.15) is 5.10 Å². The van der Waals surface area contributed by atoms with Gasteiger partial charge in [0.05, 0.1) is 22.0 Å². The van der Waals surface area contributed by atoms with Crippen LogP contribution in [0.2, 0.25) is 0 Å². The van der Waals surface area contributed by atoms with E-state index in [1.807, 2.05) is 18.7 Å². The molecule has 1 aliphatic rings. The van der Waals surface area contributed by atoms with Crippen LogP contribution in [-0.4, -0.2) is 27.7 Å². The van der Waals surface area contributed by atoms with Gasteiger partial charge < -0.3 is 4.74 Å². The number of ether oxygens (including phenoxy) is 1. The minimum atomic E-state index is 0.387. The lowest BCUT2D eigenvalue weighted by Crippen LogP contribution is -2.14. The van der Waals surface area contributed by atoms with Gasteiger partial charge in [0.1, 0.15) is 0 Å². The summed E-state index contributed by atoms with van der Waals surface area (Å²) in [5.41, 5.74) is 2.38. The largest absolute Gasteiger partial charge is 0.377 e. The summed E-state index contributed by atoms with van der Waals surface area (Å²) in [7, 11) is 0. The van der Waals surface area contributed by atoms with Gasteiger partial charge in [-0.15, -0.1) is 11.8 Å². The van der Waals surface area contributed by atoms with Gasteiger partial charge in [-0.25, -0.2) is 0 Å². The van der Waals surface area contributed by atoms with Crippen LogP contribution in [0.25, 0.3) is 0 Å². The van der Waals surface area contributed by atoms with Crippen molar-refractivity contribution < 1.29 is 4.74 Å². The summed E-state index contributed by atoms with van der Waals surface area (Å²) < 4.78 is 8.85. The quantitative estimate of drug-likeness (QED) is 0.851. The second-order valence-electron chi connectivity index (χ2n) is 4.38. The van der Waals surface area contributed by atoms with E-state index in [1.165, 1.54) is 16.6 Å². The van der Waals surface area contributed by atoms with Crippen molar-refractivity contribution >= 4 is 27.7 Å². The molecule has 5 heteroatoms. The van der Waals surface area contributed by atoms with Crippen LogP contribution in [0.4, 0.5) is 0 Å². The molecular weight excluding hydrogens is 300 g/mol. The minimum Gasteiger partial charge on any atom is -0.377 e. The molecule has 2 rings (SSSR count). The Balaban J connectivity index is 2.03. The lowest BCUT2D eigenvalue weighted by molar-refractivity contribution is 0.127. The van der Waals surface area contributed by atoms with E-state index in [9.17, 15) is 0 Å². The Labute approximate surface area is 115 Å². The monoisotopic (exact) mass is 318 g/mol. The van der Waals surface area contributed by atoms with Crippen molar-refractivity contribution in [3.8, 4) is 0 Å². The predicted molar refractivity (Wildman–Crippen MR) is 75.5 cm³/mol. The zero-order valence-corrected chi connectivity index (χ0v) is 13.0. The van der Waals surface area contributed by atoms with Crippen LogP contribution in [0.15, 0.2) is 4.47 Å². The summed E-state index contributed by atoms with van der Waals surface area (Å²) in [6, 6.07) is 0. The molecule has 2 heterocycles. The molecule has 1 aromatic heterocycles. The standard InChI is InChI=1S/C12H19BrN2OS/c1-4-15-10(12(13)8(2)14-15)7-17-11-5-6-16-9(11)3/h9,11H,4-7H2,1-3H3. The van der Waals surface area contributed by atoms with Crippen LogP contribution in [-0.2, 0) is 17.0 Å². The van der Waals surface area contributed by atoms with Gasteiger partial charge in [0.2, 0.25) is 0 Å². The zero-order chi connectivity index (χ0) is 12.4. The maximum Gasteiger partial charge on any atom is 0.0739 e. The molecule has 0 amide bonds. The van der Waals surface area contributed by atoms with Crippen molar-refractivity contribution in [3.63, 3.8) is 0 Å². The maximum absolute atomic E-state index is 5.59. The van der Waals surface area contributed by atoms with E-state index in [1.54, 1.807) is 0 Å². The number of halogens is 1. The van der Waals surface area contributed by atoms with Gasteiger partial charge in [0, 0.05) is 24.2 Å². The highest BCUT2D eigenvalue weighted by molar-refractivity contribution is 9.10. The van der Waals surface area contributed by atoms with E-state index in [2.05, 4.69) is 39.6 Å². The normalized spacial score (nSPS) is 24.5. The van der Waals surface area contributed by atoms with Crippen molar-refractivity contribution in [3.05, 3.63) is 15.9 Å². The molecule has 2 unspecified atom stereocenters. The fourth-order valence-electron chi connectivity index (χ4n) is 2.12. The number of aromatic nitrogens is 2. The first kappa shape index (κ1) is 13.4. The van der Waals surface area contributed by atoms with E-state index in [-0.39, 0.29) is 0 Å². The van der Waals surface area contributed by atoms with Crippen LogP contribution in [0.3, 0.4) is 0 Å². The molecule has 0 aromatic carbocycles. The molecule has 0 N–H and O–H groups in total. The number of nitrogens with zero attached hydrogens (tertiary/aromatic N) is 2. The summed E-state index contributed by atoms with van der Waals surface area (Å²) in [6.45, 7) is 8.19. The molecule has 0 saturated carbocycles. The number of hydrogen-bond acceptors (Lipinski definition) is 3. The molecular formula is C12H19BrN2OS. The molecule has 0 aliphatic carbocycles. The van der Waals surface area contributed by atoms with E-state index in [0.29, 0.717) is 11.4 Å². The van der Waals surface area contributed by atoms with Crippen molar-refractivity contribution in [2.24, 2.45) is 0 Å². The van der Waals surface area contributed by atoms with Crippen LogP contribution in [0, 0.1) is 6.92 Å². The Bertz CT molecular complexity index is 394. The molecule has 1 aromatic rings. The molecule has 17 heavy (non-hydrogen) atoms. The summed E-state index contributed by atoms with van der Waals surface area (Å²) >= 11 is 5.63. The van der Waals surface area contributed by atoms with E-state index >= 15 is 0 Å². The Morgan fingerprint density at radius 2 is 2.35 bits per heavy atom. The van der Waals surface area contributed by atoms with Gasteiger partial charge in [-0.3, -0.25) is 4.68 Å². The van der Waals surface area contributed by atoms with Gasteiger partial charge >= 0.3 is 0 Å². The first-order chi connectivity index (χ1) is 8.13. The van der Waals surface area contributed by atoms with E-state index < -0.39 is 0 Å². The molecule has 1 fully saturated rings. The minimum absolute atomic E-state index is 0.387. The van der Waals surface area contributed by atoms with Gasteiger partial charge in [0.15, 0.2) is 0 Å². The van der Waals surface area contributed by atoms with Crippen LogP contribution in [0.1, 0.15) is 31.7 Å². The second kappa shape index (κ2) is 5.76. The first-order valence-electron chi connectivity index (χ1n) is 6.08. The maximum atomic E-state index is 5.59. The average molecular weight is 319 g/mol. The predicted octanol–water partition coefficient (Wildman–Crippen LogP) is 3.38. The third kappa shape index (κ3) is 2.88. The van der Waals surface area contributed by atoms with Crippen molar-refractivity contribution in [2.75, 3.05) is 6.61 Å². The zero-order valence-electron chi connectivity index (χ0n) is 10.6. The lowest BCUT2D eigenvalue weighted by atomic mass is 10.3. The van der Waals surface area contributed by atoms with Gasteiger partial charge in [0.25, 0.3) is 0 Å². The number of hydrogen-bond donors (Lipinski definition) is 0. The number of thioether (sulfide) groups is 1. The average Bonchev–Trinajstić information content (AvgIpc) is 2.83. The van der Waals surface area contributed by atoms with Crippen LogP contribution in [0.5, 0.6) is 0 Å². The Morgan fingerprint density at radius 1 is 1.59 bits per heavy atom. The summed E-state index contributed by atoms with van der Waals surface area (Å²) in [5.74, 6) is 1.01. The highest BCUT2D eigenvalue weighted by Gasteiger charge is 2.25. The van der Waals surface area contributed by atoms with Gasteiger partial charge in [-0.1, -0.05) is 0 Å². The van der Waals surface area contributed by atoms with E-state index in [4.69, 9.17) is 4.74 Å². The Hall–Kier alpha value is -0.0000000000000000763. The summed E-state index contributed by atoms with van der Waals surface area (Å²) in [6.07, 6.45) is 1.56. The van der Waals surface area contributed by atoms with Crippen molar-refractivity contribution in [2.45, 2.75) is 50.8 Å². The number of aryl methyl sites for hydroxylation is 2. The molecule has 2 atom stereocenters. The first-order valence-corrected chi connectivity index (χ1v) is 7.92. The third-order valence-electron chi connectivity index (χ3n) is 3.19. The SMILES string of the molecule is CCn1nc(C)c(Br)c1CSC1CCOC1C. The van der Waals surface area contributed by atoms with E-state index in [0.717, 1.165) is 24.6 Å². The summed E-state index contributed by atoms with van der Waals surface area (Å²) in [5, 5.41) is 5.15. The molecule has 3 nitrogen and oxygen atoms in total. The summed E-state index contributed by atoms with van der Waals surface area (Å²) in [4.78, 5) is 0. The van der Waals surface area contributed by atoms with Crippen LogP contribution < -0.4 is 0 Å². The van der Waals surface area contributed by atoms with Crippen molar-refractivity contribution in [1.82, 2.24) is 9.78 Å². The Morgan fingerprint density at radius 3 is 2.94 bits per heavy atom. The highest BCUT2D eigenvalue weighted by atomic mass is 79.9. The second-order valence-corrected chi connectivity index (χ2v) is 6.40. The topological polar surface area (TPSA) is 27.1 Å². The molecule has 0 bridgehead atoms. The molecule has 96 valence electrons. The third-order valence-corrected chi connectivity index (χ3v) is 5.71. The van der Waals surface area contributed by atoms with Crippen molar-refractivity contribution in [1.29, 1.82) is 0 Å². The number of rotatable bonds is 4. The van der Waals surface area contributed by atoms with Gasteiger partial charge in [-0.05, 0) is 43.1 Å². The smallest absolute Gasteiger partial charge is 0.0739 e. The highest BCUT2D eigenvalue weighted by Crippen LogP contribution is 2.32. The molecule has 1 saturated heterocycles.